The van der Waals surface area contributed by atoms with Crippen LogP contribution in [0.25, 0.3) is 0 Å². The van der Waals surface area contributed by atoms with Gasteiger partial charge in [-0.2, -0.15) is 0 Å². The monoisotopic (exact) mass is 265 g/mol. The third-order valence-electron chi connectivity index (χ3n) is 3.49. The van der Waals surface area contributed by atoms with Crippen molar-refractivity contribution in [3.8, 4) is 11.5 Å². The molecule has 0 radical (unpaired) electrons. The highest BCUT2D eigenvalue weighted by molar-refractivity contribution is 5.97. The molecule has 0 spiro atoms. The third kappa shape index (κ3) is 2.98. The second-order valence-corrected chi connectivity index (χ2v) is 4.64. The van der Waals surface area contributed by atoms with E-state index in [1.165, 1.54) is 13.2 Å². The number of methoxy groups -OCH3 is 1. The second kappa shape index (κ2) is 5.93. The predicted molar refractivity (Wildman–Crippen MR) is 70.6 cm³/mol. The van der Waals surface area contributed by atoms with Crippen LogP contribution in [0.2, 0.25) is 0 Å². The molecule has 5 nitrogen and oxygen atoms in total. The summed E-state index contributed by atoms with van der Waals surface area (Å²) in [6, 6.07) is 4.82. The van der Waals surface area contributed by atoms with Gasteiger partial charge in [0.05, 0.1) is 12.7 Å². The summed E-state index contributed by atoms with van der Waals surface area (Å²) >= 11 is 0. The molecule has 0 bridgehead atoms. The maximum atomic E-state index is 12.4. The van der Waals surface area contributed by atoms with E-state index < -0.39 is 0 Å². The fourth-order valence-corrected chi connectivity index (χ4v) is 2.24. The Balaban J connectivity index is 2.18. The van der Waals surface area contributed by atoms with Crippen LogP contribution in [0.15, 0.2) is 18.2 Å². The molecule has 1 heterocycles. The van der Waals surface area contributed by atoms with Crippen LogP contribution >= 0.6 is 0 Å². The van der Waals surface area contributed by atoms with Gasteiger partial charge in [-0.25, -0.2) is 0 Å². The van der Waals surface area contributed by atoms with Crippen molar-refractivity contribution in [3.05, 3.63) is 23.8 Å². The average molecular weight is 265 g/mol. The normalized spacial score (nSPS) is 16.1. The molecule has 104 valence electrons. The Morgan fingerprint density at radius 1 is 1.42 bits per heavy atom. The van der Waals surface area contributed by atoms with E-state index in [0.29, 0.717) is 19.0 Å². The highest BCUT2D eigenvalue weighted by Crippen LogP contribution is 2.25. The summed E-state index contributed by atoms with van der Waals surface area (Å²) in [5, 5.41) is 9.82. The van der Waals surface area contributed by atoms with E-state index in [1.54, 1.807) is 24.1 Å². The molecule has 0 unspecified atom stereocenters. The van der Waals surface area contributed by atoms with Crippen LogP contribution in [-0.4, -0.2) is 49.3 Å². The van der Waals surface area contributed by atoms with E-state index in [2.05, 4.69) is 0 Å². The third-order valence-corrected chi connectivity index (χ3v) is 3.49. The van der Waals surface area contributed by atoms with Gasteiger partial charge in [-0.05, 0) is 31.0 Å². The van der Waals surface area contributed by atoms with Crippen molar-refractivity contribution < 1.29 is 19.4 Å². The van der Waals surface area contributed by atoms with Crippen LogP contribution in [0.1, 0.15) is 23.2 Å². The van der Waals surface area contributed by atoms with Gasteiger partial charge in [0.1, 0.15) is 11.5 Å². The molecule has 1 fully saturated rings. The van der Waals surface area contributed by atoms with E-state index >= 15 is 0 Å². The van der Waals surface area contributed by atoms with Crippen LogP contribution in [0.5, 0.6) is 11.5 Å². The Morgan fingerprint density at radius 3 is 2.74 bits per heavy atom. The van der Waals surface area contributed by atoms with Gasteiger partial charge in [-0.15, -0.1) is 0 Å². The quantitative estimate of drug-likeness (QED) is 0.902. The molecule has 0 aliphatic carbocycles. The minimum Gasteiger partial charge on any atom is -0.507 e. The number of nitrogens with zero attached hydrogens (tertiary/aromatic N) is 1. The van der Waals surface area contributed by atoms with Gasteiger partial charge in [0.2, 0.25) is 0 Å². The molecule has 1 amide bonds. The number of rotatable bonds is 3. The maximum absolute atomic E-state index is 12.4. The number of ether oxygens (including phenoxy) is 2. The lowest BCUT2D eigenvalue weighted by atomic mass is 10.1. The highest BCUT2D eigenvalue weighted by Gasteiger charge is 2.25. The largest absolute Gasteiger partial charge is 0.507 e. The van der Waals surface area contributed by atoms with Gasteiger partial charge in [0.25, 0.3) is 5.91 Å². The van der Waals surface area contributed by atoms with Gasteiger partial charge in [0, 0.05) is 26.3 Å². The number of hydrogen-bond donors (Lipinski definition) is 1. The van der Waals surface area contributed by atoms with Crippen molar-refractivity contribution in [3.63, 3.8) is 0 Å². The van der Waals surface area contributed by atoms with Crippen LogP contribution < -0.4 is 4.74 Å². The Kier molecular flexibility index (Phi) is 4.27. The van der Waals surface area contributed by atoms with E-state index in [0.717, 1.165) is 12.8 Å². The molecule has 1 aliphatic rings. The van der Waals surface area contributed by atoms with E-state index in [4.69, 9.17) is 9.47 Å². The van der Waals surface area contributed by atoms with E-state index in [9.17, 15) is 9.90 Å². The Bertz CT molecular complexity index is 455. The molecule has 5 heteroatoms. The minimum atomic E-state index is -0.191. The Hall–Kier alpha value is -1.75. The lowest BCUT2D eigenvalue weighted by Crippen LogP contribution is -2.40. The fraction of sp³-hybridized carbons (Fsp3) is 0.500. The number of phenolic OH excluding ortho intramolecular Hbond substituents is 1. The summed E-state index contributed by atoms with van der Waals surface area (Å²) in [6.45, 7) is 1.35. The number of benzene rings is 1. The smallest absolute Gasteiger partial charge is 0.257 e. The summed E-state index contributed by atoms with van der Waals surface area (Å²) < 4.78 is 10.4. The first-order chi connectivity index (χ1) is 9.13. The van der Waals surface area contributed by atoms with Crippen molar-refractivity contribution >= 4 is 5.91 Å². The summed E-state index contributed by atoms with van der Waals surface area (Å²) in [4.78, 5) is 14.1. The van der Waals surface area contributed by atoms with Gasteiger partial charge >= 0.3 is 0 Å². The predicted octanol–water partition coefficient (Wildman–Crippen LogP) is 1.65. The molecular weight excluding hydrogens is 246 g/mol. The zero-order chi connectivity index (χ0) is 13.8. The summed E-state index contributed by atoms with van der Waals surface area (Å²) in [7, 11) is 3.29. The molecule has 1 saturated heterocycles. The number of hydrogen-bond acceptors (Lipinski definition) is 4. The second-order valence-electron chi connectivity index (χ2n) is 4.64. The standard InChI is InChI=1S/C14H19NO4/c1-15(10-5-7-19-8-6-10)14(17)12-9-11(18-2)3-4-13(12)16/h3-4,9-10,16H,5-8H2,1-2H3. The number of aromatic hydroxyl groups is 1. The van der Waals surface area contributed by atoms with Gasteiger partial charge in [-0.3, -0.25) is 4.79 Å². The molecule has 1 aromatic carbocycles. The summed E-state index contributed by atoms with van der Waals surface area (Å²) in [5.74, 6) is 0.342. The first-order valence-corrected chi connectivity index (χ1v) is 6.35. The average Bonchev–Trinajstić information content (AvgIpc) is 2.47. The molecule has 19 heavy (non-hydrogen) atoms. The van der Waals surface area contributed by atoms with Crippen LogP contribution in [0, 0.1) is 0 Å². The topological polar surface area (TPSA) is 59.0 Å². The van der Waals surface area contributed by atoms with Crippen LogP contribution in [-0.2, 0) is 4.74 Å². The molecule has 1 N–H and O–H groups in total. The maximum Gasteiger partial charge on any atom is 0.257 e. The van der Waals surface area contributed by atoms with Crippen LogP contribution in [0.4, 0.5) is 0 Å². The van der Waals surface area contributed by atoms with Gasteiger partial charge in [0.15, 0.2) is 0 Å². The van der Waals surface area contributed by atoms with E-state index in [-0.39, 0.29) is 23.3 Å². The lowest BCUT2D eigenvalue weighted by molar-refractivity contribution is 0.0360. The highest BCUT2D eigenvalue weighted by atomic mass is 16.5. The van der Waals surface area contributed by atoms with Crippen molar-refractivity contribution in [1.29, 1.82) is 0 Å². The van der Waals surface area contributed by atoms with Crippen molar-refractivity contribution in [1.82, 2.24) is 4.90 Å². The van der Waals surface area contributed by atoms with Crippen molar-refractivity contribution in [2.75, 3.05) is 27.4 Å². The molecule has 0 atom stereocenters. The first-order valence-electron chi connectivity index (χ1n) is 6.35. The minimum absolute atomic E-state index is 0.0234. The molecule has 0 aromatic heterocycles. The van der Waals surface area contributed by atoms with Crippen LogP contribution in [0.3, 0.4) is 0 Å². The van der Waals surface area contributed by atoms with Gasteiger partial charge in [-0.1, -0.05) is 0 Å². The lowest BCUT2D eigenvalue weighted by Gasteiger charge is -2.31. The Labute approximate surface area is 112 Å². The van der Waals surface area contributed by atoms with E-state index in [1.807, 2.05) is 0 Å². The molecule has 0 saturated carbocycles. The molecule has 2 rings (SSSR count). The first kappa shape index (κ1) is 13.7. The zero-order valence-electron chi connectivity index (χ0n) is 11.3. The zero-order valence-corrected chi connectivity index (χ0v) is 11.3. The molecular formula is C14H19NO4. The van der Waals surface area contributed by atoms with Crippen molar-refractivity contribution in [2.45, 2.75) is 18.9 Å². The Morgan fingerprint density at radius 2 is 2.11 bits per heavy atom. The summed E-state index contributed by atoms with van der Waals surface area (Å²) in [5.41, 5.74) is 0.272. The summed E-state index contributed by atoms with van der Waals surface area (Å²) in [6.07, 6.45) is 1.65. The number of amides is 1. The number of carbonyl (C=O) groups excluding carboxylic acids is 1. The SMILES string of the molecule is COc1ccc(O)c(C(=O)N(C)C2CCOCC2)c1. The number of carbonyl (C=O) groups is 1. The molecule has 1 aromatic rings. The fourth-order valence-electron chi connectivity index (χ4n) is 2.24. The van der Waals surface area contributed by atoms with Crippen molar-refractivity contribution in [2.24, 2.45) is 0 Å². The molecule has 1 aliphatic heterocycles. The number of phenols is 1. The van der Waals surface area contributed by atoms with Gasteiger partial charge < -0.3 is 19.5 Å².